The number of nitrogens with two attached hydrogens (primary N) is 1. The molecule has 0 aliphatic heterocycles. The summed E-state index contributed by atoms with van der Waals surface area (Å²) in [5.41, 5.74) is 4.91. The maximum atomic E-state index is 13.0. The molecule has 0 unspecified atom stereocenters. The number of hydrogen-bond donors (Lipinski definition) is 2. The molecule has 0 amide bonds. The maximum absolute atomic E-state index is 13.0. The van der Waals surface area contributed by atoms with Gasteiger partial charge < -0.3 is 15.6 Å². The highest BCUT2D eigenvalue weighted by Crippen LogP contribution is 2.37. The Morgan fingerprint density at radius 3 is 2.75 bits per heavy atom. The smallest absolute Gasteiger partial charge is 0.167 e. The van der Waals surface area contributed by atoms with Gasteiger partial charge in [-0.15, -0.1) is 0 Å². The monoisotopic (exact) mass is 235 g/mol. The molecule has 0 saturated carbocycles. The molecule has 0 aliphatic carbocycles. The predicted octanol–water partition coefficient (Wildman–Crippen LogP) is 1.88. The van der Waals surface area contributed by atoms with Crippen LogP contribution in [0.2, 0.25) is 0 Å². The van der Waals surface area contributed by atoms with Gasteiger partial charge >= 0.3 is 0 Å². The lowest BCUT2D eigenvalue weighted by molar-refractivity contribution is 0.400. The van der Waals surface area contributed by atoms with Crippen molar-refractivity contribution in [2.24, 2.45) is 0 Å². The van der Waals surface area contributed by atoms with Gasteiger partial charge in [0.25, 0.3) is 0 Å². The van der Waals surface area contributed by atoms with Gasteiger partial charge in [0.15, 0.2) is 5.82 Å². The van der Waals surface area contributed by atoms with Crippen molar-refractivity contribution in [3.8, 4) is 11.5 Å². The van der Waals surface area contributed by atoms with Crippen molar-refractivity contribution < 1.29 is 14.2 Å². The van der Waals surface area contributed by atoms with Crippen LogP contribution in [0.3, 0.4) is 0 Å². The second-order valence-electron chi connectivity index (χ2n) is 2.14. The van der Waals surface area contributed by atoms with Gasteiger partial charge in [-0.1, -0.05) is 0 Å². The van der Waals surface area contributed by atoms with Crippen molar-refractivity contribution in [3.63, 3.8) is 0 Å². The summed E-state index contributed by atoms with van der Waals surface area (Å²) in [5.74, 6) is -0.835. The minimum atomic E-state index is -0.716. The van der Waals surface area contributed by atoms with E-state index in [9.17, 15) is 4.39 Å². The summed E-state index contributed by atoms with van der Waals surface area (Å²) in [7, 11) is 1.37. The first-order valence-electron chi connectivity index (χ1n) is 3.08. The lowest BCUT2D eigenvalue weighted by atomic mass is 10.2. The maximum Gasteiger partial charge on any atom is 0.167 e. The van der Waals surface area contributed by atoms with E-state index in [1.54, 1.807) is 0 Å². The number of phenols is 1. The van der Waals surface area contributed by atoms with Crippen molar-refractivity contribution in [3.05, 3.63) is 16.4 Å². The molecule has 0 aromatic heterocycles. The fraction of sp³-hybridized carbons (Fsp3) is 0.143. The largest absolute Gasteiger partial charge is 0.506 e. The second-order valence-corrected chi connectivity index (χ2v) is 2.93. The molecular weight excluding hydrogens is 229 g/mol. The van der Waals surface area contributed by atoms with Crippen molar-refractivity contribution in [1.82, 2.24) is 0 Å². The molecule has 66 valence electrons. The van der Waals surface area contributed by atoms with E-state index in [1.807, 2.05) is 0 Å². The fourth-order valence-corrected chi connectivity index (χ4v) is 1.24. The Balaban J connectivity index is 3.39. The SMILES string of the molecule is COc1cc(O)c(N)c(F)c1Br. The summed E-state index contributed by atoms with van der Waals surface area (Å²) >= 11 is 2.93. The third-order valence-corrected chi connectivity index (χ3v) is 2.15. The van der Waals surface area contributed by atoms with Gasteiger partial charge in [0.05, 0.1) is 11.6 Å². The summed E-state index contributed by atoms with van der Waals surface area (Å²) in [5, 5.41) is 9.07. The summed E-state index contributed by atoms with van der Waals surface area (Å²) < 4.78 is 17.9. The Morgan fingerprint density at radius 1 is 1.67 bits per heavy atom. The molecule has 12 heavy (non-hydrogen) atoms. The van der Waals surface area contributed by atoms with Crippen LogP contribution < -0.4 is 10.5 Å². The van der Waals surface area contributed by atoms with Gasteiger partial charge in [-0.05, 0) is 15.9 Å². The zero-order valence-corrected chi connectivity index (χ0v) is 7.85. The molecule has 0 heterocycles. The number of nitrogen functional groups attached to an aromatic ring is 1. The summed E-state index contributed by atoms with van der Waals surface area (Å²) in [4.78, 5) is 0. The lowest BCUT2D eigenvalue weighted by Gasteiger charge is -2.07. The molecule has 0 atom stereocenters. The molecule has 1 rings (SSSR count). The average molecular weight is 236 g/mol. The van der Waals surface area contributed by atoms with E-state index in [4.69, 9.17) is 15.6 Å². The van der Waals surface area contributed by atoms with E-state index in [-0.39, 0.29) is 21.7 Å². The third-order valence-electron chi connectivity index (χ3n) is 1.41. The highest BCUT2D eigenvalue weighted by Gasteiger charge is 2.13. The number of rotatable bonds is 1. The molecule has 0 aliphatic rings. The molecule has 0 radical (unpaired) electrons. The molecule has 0 spiro atoms. The molecule has 0 saturated heterocycles. The van der Waals surface area contributed by atoms with Crippen LogP contribution in [0.5, 0.6) is 11.5 Å². The number of phenolic OH excluding ortho intramolecular Hbond substituents is 1. The van der Waals surface area contributed by atoms with Crippen molar-refractivity contribution in [1.29, 1.82) is 0 Å². The number of aromatic hydroxyl groups is 1. The quantitative estimate of drug-likeness (QED) is 0.578. The van der Waals surface area contributed by atoms with Crippen LogP contribution in [0.1, 0.15) is 0 Å². The van der Waals surface area contributed by atoms with Gasteiger partial charge in [-0.25, -0.2) is 4.39 Å². The predicted molar refractivity (Wildman–Crippen MR) is 46.7 cm³/mol. The van der Waals surface area contributed by atoms with Crippen LogP contribution in [0.25, 0.3) is 0 Å². The molecule has 0 bridgehead atoms. The third kappa shape index (κ3) is 1.32. The highest BCUT2D eigenvalue weighted by atomic mass is 79.9. The van der Waals surface area contributed by atoms with Crippen LogP contribution >= 0.6 is 15.9 Å². The minimum Gasteiger partial charge on any atom is -0.506 e. The van der Waals surface area contributed by atoms with Crippen molar-refractivity contribution in [2.75, 3.05) is 12.8 Å². The van der Waals surface area contributed by atoms with Gasteiger partial charge in [0.2, 0.25) is 0 Å². The number of ether oxygens (including phenoxy) is 1. The number of methoxy groups -OCH3 is 1. The Morgan fingerprint density at radius 2 is 2.25 bits per heavy atom. The number of benzene rings is 1. The zero-order valence-electron chi connectivity index (χ0n) is 6.27. The Labute approximate surface area is 77.1 Å². The van der Waals surface area contributed by atoms with Crippen LogP contribution in [0.4, 0.5) is 10.1 Å². The second kappa shape index (κ2) is 3.18. The zero-order chi connectivity index (χ0) is 9.30. The Hall–Kier alpha value is -0.970. The molecule has 0 fully saturated rings. The standard InChI is InChI=1S/C7H7BrFNO2/c1-12-4-2-3(11)7(10)6(9)5(4)8/h2,11H,10H2,1H3. The Bertz CT molecular complexity index is 317. The molecule has 3 N–H and O–H groups in total. The topological polar surface area (TPSA) is 55.5 Å². The van der Waals surface area contributed by atoms with Gasteiger partial charge in [0.1, 0.15) is 17.2 Å². The fourth-order valence-electron chi connectivity index (χ4n) is 0.753. The molecule has 1 aromatic rings. The van der Waals surface area contributed by atoms with Crippen LogP contribution in [-0.2, 0) is 0 Å². The van der Waals surface area contributed by atoms with E-state index in [1.165, 1.54) is 13.2 Å². The average Bonchev–Trinajstić information content (AvgIpc) is 2.08. The van der Waals surface area contributed by atoms with Gasteiger partial charge in [-0.3, -0.25) is 0 Å². The van der Waals surface area contributed by atoms with Crippen LogP contribution in [-0.4, -0.2) is 12.2 Å². The van der Waals surface area contributed by atoms with Crippen molar-refractivity contribution >= 4 is 21.6 Å². The van der Waals surface area contributed by atoms with E-state index in [0.29, 0.717) is 0 Å². The Kier molecular flexibility index (Phi) is 2.42. The minimum absolute atomic E-state index is 0.111. The first-order chi connectivity index (χ1) is 5.57. The molecule has 1 aromatic carbocycles. The molecular formula is C7H7BrFNO2. The first-order valence-corrected chi connectivity index (χ1v) is 3.87. The number of halogens is 2. The van der Waals surface area contributed by atoms with E-state index >= 15 is 0 Å². The summed E-state index contributed by atoms with van der Waals surface area (Å²) in [6.07, 6.45) is 0. The van der Waals surface area contributed by atoms with Gasteiger partial charge in [-0.2, -0.15) is 0 Å². The lowest BCUT2D eigenvalue weighted by Crippen LogP contribution is -1.95. The number of anilines is 1. The van der Waals surface area contributed by atoms with Crippen LogP contribution in [0.15, 0.2) is 10.5 Å². The first kappa shape index (κ1) is 9.12. The van der Waals surface area contributed by atoms with Crippen molar-refractivity contribution in [2.45, 2.75) is 0 Å². The molecule has 5 heteroatoms. The van der Waals surface area contributed by atoms with Gasteiger partial charge in [0, 0.05) is 6.07 Å². The summed E-state index contributed by atoms with van der Waals surface area (Å²) in [6.45, 7) is 0. The summed E-state index contributed by atoms with van der Waals surface area (Å²) in [6, 6.07) is 1.24. The number of hydrogen-bond acceptors (Lipinski definition) is 3. The molecule has 3 nitrogen and oxygen atoms in total. The van der Waals surface area contributed by atoms with E-state index in [0.717, 1.165) is 0 Å². The normalized spacial score (nSPS) is 9.92. The highest BCUT2D eigenvalue weighted by molar-refractivity contribution is 9.10. The van der Waals surface area contributed by atoms with E-state index in [2.05, 4.69) is 15.9 Å². The van der Waals surface area contributed by atoms with Crippen LogP contribution in [0, 0.1) is 5.82 Å². The van der Waals surface area contributed by atoms with E-state index < -0.39 is 5.82 Å².